The zero-order chi connectivity index (χ0) is 19.3. The quantitative estimate of drug-likeness (QED) is 0.555. The molecular weight excluding hydrogens is 359 g/mol. The number of halogens is 1. The maximum absolute atomic E-state index is 14.5. The van der Waals surface area contributed by atoms with Crippen molar-refractivity contribution in [2.24, 2.45) is 10.7 Å². The minimum Gasteiger partial charge on any atom is -0.378 e. The van der Waals surface area contributed by atoms with Gasteiger partial charge in [0, 0.05) is 31.1 Å². The lowest BCUT2D eigenvalue weighted by molar-refractivity contribution is 0.0675. The SMILES string of the molecule is N/C(=N/c1cc(Cc2ccc(-c3ccccc3)c(F)c2)on1)N1CCOCC1. The maximum atomic E-state index is 14.5. The third kappa shape index (κ3) is 4.20. The van der Waals surface area contributed by atoms with Crippen LogP contribution in [0.15, 0.2) is 64.1 Å². The normalized spacial score (nSPS) is 15.0. The minimum absolute atomic E-state index is 0.266. The van der Waals surface area contributed by atoms with Crippen molar-refractivity contribution >= 4 is 11.8 Å². The van der Waals surface area contributed by atoms with Crippen LogP contribution in [0.4, 0.5) is 10.2 Å². The predicted molar refractivity (Wildman–Crippen MR) is 105 cm³/mol. The number of rotatable bonds is 4. The van der Waals surface area contributed by atoms with Crippen LogP contribution in [-0.4, -0.2) is 42.3 Å². The van der Waals surface area contributed by atoms with Gasteiger partial charge in [0.25, 0.3) is 0 Å². The van der Waals surface area contributed by atoms with Crippen molar-refractivity contribution in [1.82, 2.24) is 10.1 Å². The van der Waals surface area contributed by atoms with E-state index in [1.165, 1.54) is 6.07 Å². The van der Waals surface area contributed by atoms with E-state index >= 15 is 0 Å². The first kappa shape index (κ1) is 18.2. The first-order chi connectivity index (χ1) is 13.7. The van der Waals surface area contributed by atoms with Gasteiger partial charge in [-0.3, -0.25) is 0 Å². The standard InChI is InChI=1S/C21H21FN4O2/c22-19-13-15(6-7-18(19)16-4-2-1-3-5-16)12-17-14-20(25-28-17)24-21(23)26-8-10-27-11-9-26/h1-7,13-14H,8-12H2,(H2,23,24,25). The molecule has 4 rings (SSSR count). The molecule has 144 valence electrons. The van der Waals surface area contributed by atoms with E-state index in [2.05, 4.69) is 10.1 Å². The van der Waals surface area contributed by atoms with Crippen LogP contribution in [0.2, 0.25) is 0 Å². The second kappa shape index (κ2) is 8.22. The summed E-state index contributed by atoms with van der Waals surface area (Å²) >= 11 is 0. The zero-order valence-electron chi connectivity index (χ0n) is 15.3. The Kier molecular flexibility index (Phi) is 5.34. The molecule has 0 bridgehead atoms. The molecule has 28 heavy (non-hydrogen) atoms. The second-order valence-corrected chi connectivity index (χ2v) is 6.58. The molecule has 0 radical (unpaired) electrons. The van der Waals surface area contributed by atoms with E-state index in [1.807, 2.05) is 41.3 Å². The van der Waals surface area contributed by atoms with Crippen LogP contribution >= 0.6 is 0 Å². The molecule has 0 atom stereocenters. The van der Waals surface area contributed by atoms with Crippen LogP contribution in [-0.2, 0) is 11.2 Å². The Bertz CT molecular complexity index is 966. The summed E-state index contributed by atoms with van der Waals surface area (Å²) in [5.41, 5.74) is 8.24. The Hall–Kier alpha value is -3.19. The van der Waals surface area contributed by atoms with Gasteiger partial charge in [-0.15, -0.1) is 0 Å². The summed E-state index contributed by atoms with van der Waals surface area (Å²) in [7, 11) is 0. The van der Waals surface area contributed by atoms with Gasteiger partial charge in [-0.25, -0.2) is 4.39 Å². The molecule has 0 aliphatic carbocycles. The van der Waals surface area contributed by atoms with Crippen LogP contribution < -0.4 is 5.73 Å². The first-order valence-corrected chi connectivity index (χ1v) is 9.15. The topological polar surface area (TPSA) is 76.9 Å². The van der Waals surface area contributed by atoms with E-state index < -0.39 is 0 Å². The summed E-state index contributed by atoms with van der Waals surface area (Å²) in [6, 6.07) is 16.4. The highest BCUT2D eigenvalue weighted by atomic mass is 19.1. The van der Waals surface area contributed by atoms with Crippen molar-refractivity contribution in [3.8, 4) is 11.1 Å². The molecular formula is C21H21FN4O2. The van der Waals surface area contributed by atoms with Crippen molar-refractivity contribution in [1.29, 1.82) is 0 Å². The summed E-state index contributed by atoms with van der Waals surface area (Å²) in [6.07, 6.45) is 0.423. The van der Waals surface area contributed by atoms with E-state index in [0.29, 0.717) is 55.8 Å². The number of morpholine rings is 1. The van der Waals surface area contributed by atoms with E-state index in [4.69, 9.17) is 15.0 Å². The van der Waals surface area contributed by atoms with Gasteiger partial charge >= 0.3 is 0 Å². The summed E-state index contributed by atoms with van der Waals surface area (Å²) in [6.45, 7) is 2.66. The number of hydrogen-bond acceptors (Lipinski definition) is 4. The van der Waals surface area contributed by atoms with Gasteiger partial charge in [-0.05, 0) is 17.2 Å². The molecule has 2 aromatic carbocycles. The highest BCUT2D eigenvalue weighted by Crippen LogP contribution is 2.25. The van der Waals surface area contributed by atoms with Crippen molar-refractivity contribution in [2.45, 2.75) is 6.42 Å². The Labute approximate surface area is 162 Å². The van der Waals surface area contributed by atoms with Gasteiger partial charge in [-0.2, -0.15) is 4.99 Å². The molecule has 6 nitrogen and oxygen atoms in total. The Morgan fingerprint density at radius 2 is 1.89 bits per heavy atom. The molecule has 2 heterocycles. The predicted octanol–water partition coefficient (Wildman–Crippen LogP) is 3.35. The number of nitrogens with zero attached hydrogens (tertiary/aromatic N) is 3. The molecule has 0 amide bonds. The van der Waals surface area contributed by atoms with Crippen molar-refractivity contribution in [2.75, 3.05) is 26.3 Å². The summed E-state index contributed by atoms with van der Waals surface area (Å²) in [5.74, 6) is 1.13. The molecule has 7 heteroatoms. The molecule has 1 fully saturated rings. The third-order valence-corrected chi connectivity index (χ3v) is 4.61. The zero-order valence-corrected chi connectivity index (χ0v) is 15.3. The van der Waals surface area contributed by atoms with Crippen molar-refractivity contribution < 1.29 is 13.7 Å². The number of ether oxygens (including phenoxy) is 1. The van der Waals surface area contributed by atoms with Crippen LogP contribution in [0.5, 0.6) is 0 Å². The smallest absolute Gasteiger partial charge is 0.198 e. The van der Waals surface area contributed by atoms with Gasteiger partial charge < -0.3 is 19.9 Å². The van der Waals surface area contributed by atoms with E-state index in [0.717, 1.165) is 11.1 Å². The summed E-state index contributed by atoms with van der Waals surface area (Å²) in [5, 5.41) is 3.94. The molecule has 1 aromatic heterocycles. The first-order valence-electron chi connectivity index (χ1n) is 9.15. The Balaban J connectivity index is 1.46. The van der Waals surface area contributed by atoms with Gasteiger partial charge in [0.15, 0.2) is 11.8 Å². The lowest BCUT2D eigenvalue weighted by atomic mass is 10.0. The molecule has 1 aliphatic rings. The molecule has 0 spiro atoms. The van der Waals surface area contributed by atoms with Crippen molar-refractivity contribution in [3.63, 3.8) is 0 Å². The fraction of sp³-hybridized carbons (Fsp3) is 0.238. The highest BCUT2D eigenvalue weighted by Gasteiger charge is 2.14. The fourth-order valence-corrected chi connectivity index (χ4v) is 3.14. The number of benzene rings is 2. The molecule has 2 N–H and O–H groups in total. The molecule has 0 unspecified atom stereocenters. The average molecular weight is 380 g/mol. The molecule has 1 aliphatic heterocycles. The Morgan fingerprint density at radius 3 is 2.64 bits per heavy atom. The number of aliphatic imine (C=N–C) groups is 1. The minimum atomic E-state index is -0.266. The van der Waals surface area contributed by atoms with Gasteiger partial charge in [0.1, 0.15) is 11.6 Å². The number of nitrogens with two attached hydrogens (primary N) is 1. The largest absolute Gasteiger partial charge is 0.378 e. The van der Waals surface area contributed by atoms with Crippen molar-refractivity contribution in [3.05, 3.63) is 71.7 Å². The second-order valence-electron chi connectivity index (χ2n) is 6.58. The molecule has 0 saturated carbocycles. The average Bonchev–Trinajstić information content (AvgIpc) is 3.16. The van der Waals surface area contributed by atoms with Gasteiger partial charge in [0.2, 0.25) is 0 Å². The number of hydrogen-bond donors (Lipinski definition) is 1. The number of guanidine groups is 1. The van der Waals surface area contributed by atoms with Crippen LogP contribution in [0.3, 0.4) is 0 Å². The fourth-order valence-electron chi connectivity index (χ4n) is 3.14. The maximum Gasteiger partial charge on any atom is 0.198 e. The monoisotopic (exact) mass is 380 g/mol. The van der Waals surface area contributed by atoms with Crippen LogP contribution in [0.25, 0.3) is 11.1 Å². The summed E-state index contributed by atoms with van der Waals surface area (Å²) < 4.78 is 25.2. The van der Waals surface area contributed by atoms with Crippen LogP contribution in [0.1, 0.15) is 11.3 Å². The lowest BCUT2D eigenvalue weighted by Gasteiger charge is -2.27. The van der Waals surface area contributed by atoms with Gasteiger partial charge in [0.05, 0.1) is 13.2 Å². The molecule has 3 aromatic rings. The van der Waals surface area contributed by atoms with E-state index in [1.54, 1.807) is 12.1 Å². The van der Waals surface area contributed by atoms with E-state index in [-0.39, 0.29) is 5.82 Å². The van der Waals surface area contributed by atoms with Crippen LogP contribution in [0, 0.1) is 5.82 Å². The van der Waals surface area contributed by atoms with Gasteiger partial charge in [-0.1, -0.05) is 47.6 Å². The van der Waals surface area contributed by atoms with E-state index in [9.17, 15) is 4.39 Å². The summed E-state index contributed by atoms with van der Waals surface area (Å²) in [4.78, 5) is 6.24. The number of aromatic nitrogens is 1. The third-order valence-electron chi connectivity index (χ3n) is 4.61. The Morgan fingerprint density at radius 1 is 1.11 bits per heavy atom. The molecule has 1 saturated heterocycles. The highest BCUT2D eigenvalue weighted by molar-refractivity contribution is 5.80. The lowest BCUT2D eigenvalue weighted by Crippen LogP contribution is -2.44.